The lowest BCUT2D eigenvalue weighted by molar-refractivity contribution is 0.242. The number of aromatic nitrogens is 5. The Bertz CT molecular complexity index is 1050. The molecule has 0 aromatic carbocycles. The summed E-state index contributed by atoms with van der Waals surface area (Å²) in [6.45, 7) is 11.4. The second-order valence-corrected chi connectivity index (χ2v) is 8.88. The minimum absolute atomic E-state index is 0.00464. The first-order valence-corrected chi connectivity index (χ1v) is 10.7. The minimum atomic E-state index is -0.0829. The molecule has 1 aliphatic heterocycles. The van der Waals surface area contributed by atoms with Crippen molar-refractivity contribution in [2.75, 3.05) is 37.6 Å². The average Bonchev–Trinajstić information content (AvgIpc) is 2.79. The number of pyridine rings is 1. The largest absolute Gasteiger partial charge is 0.353 e. The molecule has 31 heavy (non-hydrogen) atoms. The number of hydrogen-bond acceptors (Lipinski definition) is 7. The lowest BCUT2D eigenvalue weighted by Gasteiger charge is -2.35. The first kappa shape index (κ1) is 21.1. The van der Waals surface area contributed by atoms with Crippen LogP contribution < -0.4 is 10.5 Å². The van der Waals surface area contributed by atoms with Crippen LogP contribution in [0.1, 0.15) is 26.5 Å². The Morgan fingerprint density at radius 2 is 1.74 bits per heavy atom. The third kappa shape index (κ3) is 5.14. The molecule has 0 saturated carbocycles. The maximum absolute atomic E-state index is 12.3. The van der Waals surface area contributed by atoms with Crippen LogP contribution in [0.15, 0.2) is 53.6 Å². The lowest BCUT2D eigenvalue weighted by atomic mass is 9.92. The molecule has 3 aromatic rings. The highest BCUT2D eigenvalue weighted by molar-refractivity contribution is 5.56. The Morgan fingerprint density at radius 1 is 0.935 bits per heavy atom. The molecule has 8 heteroatoms. The molecule has 0 unspecified atom stereocenters. The summed E-state index contributed by atoms with van der Waals surface area (Å²) in [5.41, 5.74) is 2.59. The van der Waals surface area contributed by atoms with Crippen molar-refractivity contribution in [2.45, 2.75) is 32.7 Å². The van der Waals surface area contributed by atoms with E-state index in [-0.39, 0.29) is 11.0 Å². The summed E-state index contributed by atoms with van der Waals surface area (Å²) in [7, 11) is 0. The predicted octanol–water partition coefficient (Wildman–Crippen LogP) is 2.21. The molecule has 3 aromatic heterocycles. The fourth-order valence-electron chi connectivity index (χ4n) is 3.61. The van der Waals surface area contributed by atoms with E-state index in [4.69, 9.17) is 0 Å². The van der Waals surface area contributed by atoms with Crippen molar-refractivity contribution in [1.82, 2.24) is 29.9 Å². The second-order valence-electron chi connectivity index (χ2n) is 8.88. The lowest BCUT2D eigenvalue weighted by Crippen LogP contribution is -2.48. The topological polar surface area (TPSA) is 80.0 Å². The smallest absolute Gasteiger partial charge is 0.266 e. The van der Waals surface area contributed by atoms with Gasteiger partial charge in [-0.3, -0.25) is 14.7 Å². The molecule has 0 amide bonds. The number of rotatable bonds is 5. The molecule has 4 rings (SSSR count). The van der Waals surface area contributed by atoms with E-state index in [1.165, 1.54) is 0 Å². The summed E-state index contributed by atoms with van der Waals surface area (Å²) < 4.78 is 1.55. The van der Waals surface area contributed by atoms with Crippen molar-refractivity contribution in [1.29, 1.82) is 0 Å². The fourth-order valence-corrected chi connectivity index (χ4v) is 3.61. The van der Waals surface area contributed by atoms with Gasteiger partial charge in [0.2, 0.25) is 0 Å². The Balaban J connectivity index is 1.33. The van der Waals surface area contributed by atoms with Gasteiger partial charge in [-0.25, -0.2) is 4.68 Å². The summed E-state index contributed by atoms with van der Waals surface area (Å²) >= 11 is 0. The van der Waals surface area contributed by atoms with Crippen molar-refractivity contribution in [3.05, 3.63) is 64.8 Å². The first-order chi connectivity index (χ1) is 14.9. The van der Waals surface area contributed by atoms with E-state index in [0.717, 1.165) is 55.5 Å². The molecule has 162 valence electrons. The average molecular weight is 420 g/mol. The highest BCUT2D eigenvalue weighted by Crippen LogP contribution is 2.21. The van der Waals surface area contributed by atoms with Gasteiger partial charge in [0.25, 0.3) is 5.56 Å². The van der Waals surface area contributed by atoms with Crippen LogP contribution in [0.2, 0.25) is 0 Å². The van der Waals surface area contributed by atoms with Crippen LogP contribution in [-0.4, -0.2) is 62.6 Å². The molecule has 0 radical (unpaired) electrons. The molecule has 8 nitrogen and oxygen atoms in total. The Hall–Kier alpha value is -3.13. The van der Waals surface area contributed by atoms with Crippen molar-refractivity contribution in [3.8, 4) is 11.3 Å². The Morgan fingerprint density at radius 3 is 2.39 bits per heavy atom. The molecule has 0 N–H and O–H groups in total. The van der Waals surface area contributed by atoms with Crippen LogP contribution >= 0.6 is 0 Å². The summed E-state index contributed by atoms with van der Waals surface area (Å²) in [6, 6.07) is 11.3. The highest BCUT2D eigenvalue weighted by atomic mass is 16.1. The SMILES string of the molecule is CC(C)(C)c1ccc(N2CCN(CCn3nc(-c4cccnc4)ccc3=O)CC2)nn1. The maximum atomic E-state index is 12.3. The minimum Gasteiger partial charge on any atom is -0.353 e. The van der Waals surface area contributed by atoms with Crippen LogP contribution in [0.3, 0.4) is 0 Å². The van der Waals surface area contributed by atoms with Crippen molar-refractivity contribution >= 4 is 5.82 Å². The van der Waals surface area contributed by atoms with E-state index in [1.807, 2.05) is 12.1 Å². The Kier molecular flexibility index (Phi) is 6.08. The van der Waals surface area contributed by atoms with Crippen LogP contribution in [-0.2, 0) is 12.0 Å². The summed E-state index contributed by atoms with van der Waals surface area (Å²) in [4.78, 5) is 21.0. The van der Waals surface area contributed by atoms with Gasteiger partial charge in [-0.15, -0.1) is 5.10 Å². The molecule has 0 spiro atoms. The molecule has 1 fully saturated rings. The molecule has 1 saturated heterocycles. The van der Waals surface area contributed by atoms with E-state index >= 15 is 0 Å². The Labute approximate surface area is 182 Å². The number of piperazine rings is 1. The molecular formula is C23H29N7O. The van der Waals surface area contributed by atoms with Crippen molar-refractivity contribution < 1.29 is 0 Å². The first-order valence-electron chi connectivity index (χ1n) is 10.7. The van der Waals surface area contributed by atoms with Gasteiger partial charge in [-0.2, -0.15) is 10.2 Å². The molecule has 4 heterocycles. The molecule has 0 atom stereocenters. The zero-order valence-corrected chi connectivity index (χ0v) is 18.4. The molecular weight excluding hydrogens is 390 g/mol. The van der Waals surface area contributed by atoms with E-state index in [1.54, 1.807) is 29.2 Å². The summed E-state index contributed by atoms with van der Waals surface area (Å²) in [6.07, 6.45) is 3.48. The molecule has 1 aliphatic rings. The number of hydrogen-bond donors (Lipinski definition) is 0. The van der Waals surface area contributed by atoms with Crippen LogP contribution in [0.4, 0.5) is 5.82 Å². The zero-order chi connectivity index (χ0) is 21.8. The third-order valence-electron chi connectivity index (χ3n) is 5.57. The molecule has 0 aliphatic carbocycles. The van der Waals surface area contributed by atoms with Crippen LogP contribution in [0, 0.1) is 0 Å². The van der Waals surface area contributed by atoms with Gasteiger partial charge in [0, 0.05) is 62.2 Å². The second kappa shape index (κ2) is 8.93. The van der Waals surface area contributed by atoms with Gasteiger partial charge < -0.3 is 4.90 Å². The number of anilines is 1. The summed E-state index contributed by atoms with van der Waals surface area (Å²) in [5.74, 6) is 0.926. The zero-order valence-electron chi connectivity index (χ0n) is 18.4. The quantitative estimate of drug-likeness (QED) is 0.627. The monoisotopic (exact) mass is 419 g/mol. The van der Waals surface area contributed by atoms with E-state index in [2.05, 4.69) is 63.0 Å². The standard InChI is InChI=1S/C23H29N7O/c1-23(2,3)20-7-8-21(26-25-20)29-14-11-28(12-15-29)13-16-30-22(31)9-6-19(27-30)18-5-4-10-24-17-18/h4-10,17H,11-16H2,1-3H3. The van der Waals surface area contributed by atoms with Gasteiger partial charge in [0.1, 0.15) is 0 Å². The summed E-state index contributed by atoms with van der Waals surface area (Å²) in [5, 5.41) is 13.4. The van der Waals surface area contributed by atoms with Gasteiger partial charge in [-0.05, 0) is 30.3 Å². The van der Waals surface area contributed by atoms with Crippen LogP contribution in [0.5, 0.6) is 0 Å². The van der Waals surface area contributed by atoms with E-state index in [9.17, 15) is 4.79 Å². The van der Waals surface area contributed by atoms with Gasteiger partial charge in [0.15, 0.2) is 5.82 Å². The highest BCUT2D eigenvalue weighted by Gasteiger charge is 2.20. The van der Waals surface area contributed by atoms with Gasteiger partial charge in [0.05, 0.1) is 17.9 Å². The number of nitrogens with zero attached hydrogens (tertiary/aromatic N) is 7. The van der Waals surface area contributed by atoms with Crippen molar-refractivity contribution in [3.63, 3.8) is 0 Å². The molecule has 0 bridgehead atoms. The maximum Gasteiger partial charge on any atom is 0.266 e. The van der Waals surface area contributed by atoms with Crippen LogP contribution in [0.25, 0.3) is 11.3 Å². The normalized spacial score (nSPS) is 15.3. The third-order valence-corrected chi connectivity index (χ3v) is 5.57. The van der Waals surface area contributed by atoms with Gasteiger partial charge in [-0.1, -0.05) is 20.8 Å². The van der Waals surface area contributed by atoms with E-state index in [0.29, 0.717) is 6.54 Å². The van der Waals surface area contributed by atoms with E-state index < -0.39 is 0 Å². The fraction of sp³-hybridized carbons (Fsp3) is 0.435. The van der Waals surface area contributed by atoms with Crippen molar-refractivity contribution in [2.24, 2.45) is 0 Å². The van der Waals surface area contributed by atoms with Gasteiger partial charge >= 0.3 is 0 Å². The predicted molar refractivity (Wildman–Crippen MR) is 121 cm³/mol.